The van der Waals surface area contributed by atoms with Gasteiger partial charge in [-0.3, -0.25) is 4.99 Å². The Morgan fingerprint density at radius 1 is 1.20 bits per heavy atom. The summed E-state index contributed by atoms with van der Waals surface area (Å²) < 4.78 is 0. The molecule has 0 bridgehead atoms. The first-order valence-electron chi connectivity index (χ1n) is 8.39. The Hall–Kier alpha value is -2.02. The maximum atomic E-state index is 6.01. The lowest BCUT2D eigenvalue weighted by Crippen LogP contribution is -2.23. The Balaban J connectivity index is 0.00000225. The average molecular weight is 448 g/mol. The molecule has 2 aromatic carbocycles. The molecule has 0 saturated heterocycles. The normalized spacial score (nSPS) is 11.4. The van der Waals surface area contributed by atoms with Crippen molar-refractivity contribution in [1.29, 1.82) is 0 Å². The third-order valence-electron chi connectivity index (χ3n) is 4.27. The zero-order chi connectivity index (χ0) is 16.9. The summed E-state index contributed by atoms with van der Waals surface area (Å²) in [5.74, 6) is 0.458. The highest BCUT2D eigenvalue weighted by Crippen LogP contribution is 2.22. The van der Waals surface area contributed by atoms with Crippen molar-refractivity contribution in [3.8, 4) is 0 Å². The van der Waals surface area contributed by atoms with Crippen LogP contribution in [0, 0.1) is 6.92 Å². The van der Waals surface area contributed by atoms with E-state index in [9.17, 15) is 0 Å². The van der Waals surface area contributed by atoms with Gasteiger partial charge in [0.25, 0.3) is 0 Å². The number of nitrogens with two attached hydrogens (primary N) is 1. The van der Waals surface area contributed by atoms with Crippen LogP contribution in [-0.2, 0) is 12.8 Å². The smallest absolute Gasteiger partial charge is 0.193 e. The fraction of sp³-hybridized carbons (Fsp3) is 0.250. The molecule has 0 saturated carbocycles. The van der Waals surface area contributed by atoms with Gasteiger partial charge in [-0.1, -0.05) is 31.2 Å². The highest BCUT2D eigenvalue weighted by Gasteiger charge is 2.05. The molecule has 0 unspecified atom stereocenters. The highest BCUT2D eigenvalue weighted by atomic mass is 127. The molecule has 0 aliphatic carbocycles. The van der Waals surface area contributed by atoms with E-state index >= 15 is 0 Å². The summed E-state index contributed by atoms with van der Waals surface area (Å²) in [7, 11) is 0. The number of benzene rings is 2. The van der Waals surface area contributed by atoms with Crippen molar-refractivity contribution in [2.24, 2.45) is 10.7 Å². The number of anilines is 1. The van der Waals surface area contributed by atoms with Crippen molar-refractivity contribution in [2.45, 2.75) is 26.7 Å². The fourth-order valence-corrected chi connectivity index (χ4v) is 3.00. The summed E-state index contributed by atoms with van der Waals surface area (Å²) in [6.45, 7) is 4.94. The van der Waals surface area contributed by atoms with Crippen LogP contribution in [0.2, 0.25) is 0 Å². The minimum atomic E-state index is 0. The van der Waals surface area contributed by atoms with Gasteiger partial charge in [-0.25, -0.2) is 0 Å². The van der Waals surface area contributed by atoms with Crippen molar-refractivity contribution in [2.75, 3.05) is 11.9 Å². The largest absolute Gasteiger partial charge is 0.370 e. The number of guanidine groups is 1. The molecular weight excluding hydrogens is 423 g/mol. The Kier molecular flexibility index (Phi) is 6.87. The highest BCUT2D eigenvalue weighted by molar-refractivity contribution is 14.0. The van der Waals surface area contributed by atoms with Crippen LogP contribution in [0.3, 0.4) is 0 Å². The van der Waals surface area contributed by atoms with E-state index in [1.165, 1.54) is 27.6 Å². The van der Waals surface area contributed by atoms with Crippen LogP contribution in [0.4, 0.5) is 5.69 Å². The Morgan fingerprint density at radius 3 is 2.80 bits per heavy atom. The first-order valence-corrected chi connectivity index (χ1v) is 8.39. The van der Waals surface area contributed by atoms with E-state index in [2.05, 4.69) is 65.7 Å². The van der Waals surface area contributed by atoms with E-state index in [4.69, 9.17) is 5.73 Å². The number of fused-ring (bicyclic) bond motifs is 1. The van der Waals surface area contributed by atoms with Gasteiger partial charge in [0, 0.05) is 29.3 Å². The first-order chi connectivity index (χ1) is 11.7. The fourth-order valence-electron chi connectivity index (χ4n) is 3.00. The molecule has 1 aromatic heterocycles. The number of aromatic amines is 1. The molecule has 1 heterocycles. The SMILES string of the molecule is CCc1cccc(NC(N)=NCCc2c[nH]c3cccc(C)c23)c1.I. The van der Waals surface area contributed by atoms with Gasteiger partial charge in [0.05, 0.1) is 0 Å². The van der Waals surface area contributed by atoms with E-state index in [1.807, 2.05) is 12.1 Å². The first kappa shape index (κ1) is 19.3. The van der Waals surface area contributed by atoms with Crippen molar-refractivity contribution in [3.05, 3.63) is 65.4 Å². The average Bonchev–Trinajstić information content (AvgIpc) is 2.99. The Labute approximate surface area is 165 Å². The lowest BCUT2D eigenvalue weighted by Gasteiger charge is -2.07. The van der Waals surface area contributed by atoms with Crippen LogP contribution in [0.25, 0.3) is 10.9 Å². The van der Waals surface area contributed by atoms with Gasteiger partial charge in [-0.15, -0.1) is 24.0 Å². The summed E-state index contributed by atoms with van der Waals surface area (Å²) in [4.78, 5) is 7.78. The van der Waals surface area contributed by atoms with Crippen molar-refractivity contribution in [3.63, 3.8) is 0 Å². The van der Waals surface area contributed by atoms with Gasteiger partial charge < -0.3 is 16.0 Å². The molecule has 4 N–H and O–H groups in total. The molecule has 0 fully saturated rings. The lowest BCUT2D eigenvalue weighted by molar-refractivity contribution is 0.971. The molecular formula is C20H25IN4. The summed E-state index contributed by atoms with van der Waals surface area (Å²) in [5.41, 5.74) is 12.0. The van der Waals surface area contributed by atoms with Crippen LogP contribution >= 0.6 is 24.0 Å². The van der Waals surface area contributed by atoms with Crippen LogP contribution in [-0.4, -0.2) is 17.5 Å². The third kappa shape index (κ3) is 4.75. The van der Waals surface area contributed by atoms with Crippen LogP contribution in [0.15, 0.2) is 53.7 Å². The molecule has 132 valence electrons. The summed E-state index contributed by atoms with van der Waals surface area (Å²) in [6, 6.07) is 14.6. The molecule has 0 aliphatic heterocycles. The van der Waals surface area contributed by atoms with Gasteiger partial charge in [-0.05, 0) is 54.7 Å². The molecule has 0 spiro atoms. The van der Waals surface area contributed by atoms with Gasteiger partial charge in [0.1, 0.15) is 0 Å². The molecule has 25 heavy (non-hydrogen) atoms. The number of hydrogen-bond donors (Lipinski definition) is 3. The van der Waals surface area contributed by atoms with E-state index in [1.54, 1.807) is 0 Å². The number of nitrogens with one attached hydrogen (secondary N) is 2. The van der Waals surface area contributed by atoms with Gasteiger partial charge in [-0.2, -0.15) is 0 Å². The van der Waals surface area contributed by atoms with E-state index in [-0.39, 0.29) is 24.0 Å². The zero-order valence-electron chi connectivity index (χ0n) is 14.7. The second-order valence-corrected chi connectivity index (χ2v) is 6.01. The molecule has 3 aromatic rings. The number of aryl methyl sites for hydroxylation is 2. The quantitative estimate of drug-likeness (QED) is 0.303. The lowest BCUT2D eigenvalue weighted by atomic mass is 10.1. The number of hydrogen-bond acceptors (Lipinski definition) is 1. The summed E-state index contributed by atoms with van der Waals surface area (Å²) in [5, 5.41) is 4.47. The van der Waals surface area contributed by atoms with E-state index in [0.29, 0.717) is 12.5 Å². The molecule has 5 heteroatoms. The topological polar surface area (TPSA) is 66.2 Å². The molecule has 0 amide bonds. The number of nitrogens with zero attached hydrogens (tertiary/aromatic N) is 1. The second-order valence-electron chi connectivity index (χ2n) is 6.01. The van der Waals surface area contributed by atoms with Crippen LogP contribution in [0.5, 0.6) is 0 Å². The van der Waals surface area contributed by atoms with E-state index in [0.717, 1.165) is 18.5 Å². The molecule has 0 atom stereocenters. The van der Waals surface area contributed by atoms with Gasteiger partial charge >= 0.3 is 0 Å². The second kappa shape index (κ2) is 8.89. The Bertz CT molecular complexity index is 867. The number of rotatable bonds is 5. The minimum Gasteiger partial charge on any atom is -0.370 e. The summed E-state index contributed by atoms with van der Waals surface area (Å²) in [6.07, 6.45) is 3.94. The zero-order valence-corrected chi connectivity index (χ0v) is 17.0. The van der Waals surface area contributed by atoms with Crippen molar-refractivity contribution < 1.29 is 0 Å². The number of aromatic nitrogens is 1. The predicted octanol–water partition coefficient (Wildman–Crippen LogP) is 4.63. The minimum absolute atomic E-state index is 0. The number of H-pyrrole nitrogens is 1. The molecule has 4 nitrogen and oxygen atoms in total. The van der Waals surface area contributed by atoms with Gasteiger partial charge in [0.15, 0.2) is 5.96 Å². The van der Waals surface area contributed by atoms with Crippen LogP contribution in [0.1, 0.15) is 23.6 Å². The number of halogens is 1. The monoisotopic (exact) mass is 448 g/mol. The molecule has 0 aliphatic rings. The van der Waals surface area contributed by atoms with Gasteiger partial charge in [0.2, 0.25) is 0 Å². The van der Waals surface area contributed by atoms with E-state index < -0.39 is 0 Å². The number of aliphatic imine (C=N–C) groups is 1. The van der Waals surface area contributed by atoms with Crippen molar-refractivity contribution >= 4 is 46.5 Å². The van der Waals surface area contributed by atoms with Crippen molar-refractivity contribution in [1.82, 2.24) is 4.98 Å². The Morgan fingerprint density at radius 2 is 2.00 bits per heavy atom. The summed E-state index contributed by atoms with van der Waals surface area (Å²) >= 11 is 0. The molecule has 0 radical (unpaired) electrons. The maximum Gasteiger partial charge on any atom is 0.193 e. The standard InChI is InChI=1S/C20H24N4.HI/c1-3-15-7-5-8-17(12-15)24-20(21)22-11-10-16-13-23-18-9-4-6-14(2)19(16)18;/h4-9,12-13,23H,3,10-11H2,1-2H3,(H3,21,22,24);1H. The predicted molar refractivity (Wildman–Crippen MR) is 118 cm³/mol. The maximum absolute atomic E-state index is 6.01. The van der Waals surface area contributed by atoms with Crippen LogP contribution < -0.4 is 11.1 Å². The molecule has 3 rings (SSSR count). The third-order valence-corrected chi connectivity index (χ3v) is 4.27.